The van der Waals surface area contributed by atoms with Gasteiger partial charge in [0.05, 0.1) is 10.6 Å². The zero-order chi connectivity index (χ0) is 25.4. The van der Waals surface area contributed by atoms with Crippen molar-refractivity contribution < 1.29 is 4.79 Å². The van der Waals surface area contributed by atoms with E-state index in [0.29, 0.717) is 59.0 Å². The van der Waals surface area contributed by atoms with Crippen LogP contribution in [0.2, 0.25) is 15.2 Å². The second-order valence-corrected chi connectivity index (χ2v) is 10.1. The van der Waals surface area contributed by atoms with E-state index in [2.05, 4.69) is 15.2 Å². The summed E-state index contributed by atoms with van der Waals surface area (Å²) < 4.78 is 1.80. The van der Waals surface area contributed by atoms with Crippen LogP contribution in [0.3, 0.4) is 0 Å². The minimum absolute atomic E-state index is 0.327. The maximum absolute atomic E-state index is 12.3. The smallest absolute Gasteiger partial charge is 0.237 e. The lowest BCUT2D eigenvalue weighted by molar-refractivity contribution is -0.125. The molecular formula is C26H25Cl3N6O. The van der Waals surface area contributed by atoms with Crippen molar-refractivity contribution in [3.8, 4) is 22.4 Å². The number of anilines is 1. The number of nitrogens with two attached hydrogens (primary N) is 1. The lowest BCUT2D eigenvalue weighted by Gasteiger charge is -2.41. The molecule has 0 bridgehead atoms. The summed E-state index contributed by atoms with van der Waals surface area (Å²) in [4.78, 5) is 19.1. The first kappa shape index (κ1) is 24.8. The molecule has 4 aromatic rings. The number of carbonyl (C=O) groups is 1. The van der Waals surface area contributed by atoms with Gasteiger partial charge in [0, 0.05) is 29.7 Å². The number of halogens is 3. The molecular weight excluding hydrogens is 519 g/mol. The number of hydrogen-bond acceptors (Lipinski definition) is 5. The molecule has 0 spiro atoms. The summed E-state index contributed by atoms with van der Waals surface area (Å²) >= 11 is 19.3. The first-order valence-electron chi connectivity index (χ1n) is 11.7. The van der Waals surface area contributed by atoms with E-state index in [-0.39, 0.29) is 5.91 Å². The molecule has 36 heavy (non-hydrogen) atoms. The van der Waals surface area contributed by atoms with Gasteiger partial charge in [-0.3, -0.25) is 4.79 Å². The van der Waals surface area contributed by atoms with Crippen LogP contribution in [0.1, 0.15) is 19.8 Å². The van der Waals surface area contributed by atoms with Crippen molar-refractivity contribution in [3.63, 3.8) is 0 Å². The van der Waals surface area contributed by atoms with Crippen LogP contribution in [-0.4, -0.2) is 45.7 Å². The van der Waals surface area contributed by atoms with Crippen LogP contribution in [0.4, 0.5) is 5.82 Å². The van der Waals surface area contributed by atoms with E-state index in [1.54, 1.807) is 10.6 Å². The molecule has 1 fully saturated rings. The maximum atomic E-state index is 12.3. The molecule has 1 saturated heterocycles. The molecule has 186 valence electrons. The molecule has 1 aliphatic heterocycles. The van der Waals surface area contributed by atoms with Crippen LogP contribution >= 0.6 is 34.8 Å². The highest BCUT2D eigenvalue weighted by molar-refractivity contribution is 6.33. The monoisotopic (exact) mass is 542 g/mol. The summed E-state index contributed by atoms with van der Waals surface area (Å²) in [5, 5.41) is 9.85. The van der Waals surface area contributed by atoms with Gasteiger partial charge >= 0.3 is 0 Å². The fourth-order valence-corrected chi connectivity index (χ4v) is 5.42. The van der Waals surface area contributed by atoms with Crippen molar-refractivity contribution in [1.82, 2.24) is 19.9 Å². The van der Waals surface area contributed by atoms with Crippen LogP contribution in [0.25, 0.3) is 28.0 Å². The number of hydrogen-bond donors (Lipinski definition) is 2. The first-order valence-corrected chi connectivity index (χ1v) is 12.9. The summed E-state index contributed by atoms with van der Waals surface area (Å²) in [5.41, 5.74) is 8.83. The average Bonchev–Trinajstić information content (AvgIpc) is 3.24. The van der Waals surface area contributed by atoms with Crippen LogP contribution in [-0.2, 0) is 4.79 Å². The van der Waals surface area contributed by atoms with E-state index < -0.39 is 5.54 Å². The van der Waals surface area contributed by atoms with E-state index in [9.17, 15) is 4.79 Å². The Kier molecular flexibility index (Phi) is 6.83. The Labute approximate surface area is 224 Å². The Morgan fingerprint density at radius 2 is 1.78 bits per heavy atom. The third-order valence-corrected chi connectivity index (χ3v) is 7.50. The number of fused-ring (bicyclic) bond motifs is 1. The van der Waals surface area contributed by atoms with Gasteiger partial charge in [0.15, 0.2) is 5.65 Å². The number of carbonyl (C=O) groups excluding carboxylic acids is 1. The van der Waals surface area contributed by atoms with Crippen molar-refractivity contribution in [2.75, 3.05) is 24.5 Å². The molecule has 5 rings (SSSR count). The molecule has 2 aromatic heterocycles. The quantitative estimate of drug-likeness (QED) is 0.315. The third-order valence-electron chi connectivity index (χ3n) is 6.73. The predicted octanol–water partition coefficient (Wildman–Crippen LogP) is 5.46. The summed E-state index contributed by atoms with van der Waals surface area (Å²) in [6, 6.07) is 16.9. The van der Waals surface area contributed by atoms with Gasteiger partial charge in [-0.25, -0.2) is 4.98 Å². The van der Waals surface area contributed by atoms with E-state index in [4.69, 9.17) is 45.6 Å². The van der Waals surface area contributed by atoms with Gasteiger partial charge in [-0.05, 0) is 43.1 Å². The molecule has 0 atom stereocenters. The van der Waals surface area contributed by atoms with Crippen molar-refractivity contribution in [2.45, 2.75) is 25.3 Å². The highest BCUT2D eigenvalue weighted by Gasteiger charge is 2.39. The summed E-state index contributed by atoms with van der Waals surface area (Å²) in [6.07, 6.45) is 1.14. The fourth-order valence-electron chi connectivity index (χ4n) is 4.89. The second kappa shape index (κ2) is 9.90. The number of amides is 1. The maximum Gasteiger partial charge on any atom is 0.237 e. The van der Waals surface area contributed by atoms with Crippen LogP contribution < -0.4 is 16.0 Å². The second-order valence-electron chi connectivity index (χ2n) is 8.85. The standard InChI is InChI=1S/C26H25Cl3N6O/c1-2-31-26(25(30)36)11-13-34(14-12-26)21-15-20(29)32-24-22(16-7-9-17(27)10-8-16)23(33-35(21)24)18-5-3-4-6-19(18)28/h3-10,15,31H,2,11-14H2,1H3,(H2,30,36). The van der Waals surface area contributed by atoms with Crippen LogP contribution in [0, 0.1) is 0 Å². The summed E-state index contributed by atoms with van der Waals surface area (Å²) in [7, 11) is 0. The number of nitrogens with zero attached hydrogens (tertiary/aromatic N) is 4. The number of rotatable bonds is 6. The Bertz CT molecular complexity index is 1430. The molecule has 3 heterocycles. The number of piperidine rings is 1. The molecule has 1 amide bonds. The minimum atomic E-state index is -0.720. The van der Waals surface area contributed by atoms with Crippen molar-refractivity contribution in [2.24, 2.45) is 5.73 Å². The molecule has 3 N–H and O–H groups in total. The SMILES string of the molecule is CCNC1(C(N)=O)CCN(c2cc(Cl)nc3c(-c4ccc(Cl)cc4)c(-c4ccccc4Cl)nn23)CC1. The largest absolute Gasteiger partial charge is 0.368 e. The fraction of sp³-hybridized carbons (Fsp3) is 0.269. The molecule has 0 unspecified atom stereocenters. The van der Waals surface area contributed by atoms with E-state index in [0.717, 1.165) is 22.5 Å². The van der Waals surface area contributed by atoms with Gasteiger partial charge in [-0.15, -0.1) is 0 Å². The number of aromatic nitrogens is 3. The van der Waals surface area contributed by atoms with Gasteiger partial charge < -0.3 is 16.0 Å². The van der Waals surface area contributed by atoms with Crippen LogP contribution in [0.15, 0.2) is 54.6 Å². The topological polar surface area (TPSA) is 88.5 Å². The minimum Gasteiger partial charge on any atom is -0.368 e. The van der Waals surface area contributed by atoms with Crippen molar-refractivity contribution in [1.29, 1.82) is 0 Å². The van der Waals surface area contributed by atoms with Gasteiger partial charge in [0.1, 0.15) is 22.2 Å². The molecule has 0 saturated carbocycles. The number of nitrogens with one attached hydrogen (secondary N) is 1. The molecule has 1 aliphatic rings. The predicted molar refractivity (Wildman–Crippen MR) is 146 cm³/mol. The van der Waals surface area contributed by atoms with Gasteiger partial charge in [0.25, 0.3) is 0 Å². The highest BCUT2D eigenvalue weighted by Crippen LogP contribution is 2.40. The third kappa shape index (κ3) is 4.41. The lowest BCUT2D eigenvalue weighted by atomic mass is 9.86. The van der Waals surface area contributed by atoms with Crippen molar-refractivity contribution >= 4 is 52.2 Å². The van der Waals surface area contributed by atoms with E-state index in [1.807, 2.05) is 55.5 Å². The number of primary amides is 1. The first-order chi connectivity index (χ1) is 17.3. The molecule has 2 aromatic carbocycles. The summed E-state index contributed by atoms with van der Waals surface area (Å²) in [5.74, 6) is 0.458. The number of likely N-dealkylation sites (N-methyl/N-ethyl adjacent to an activating group) is 1. The Hall–Kier alpha value is -2.84. The van der Waals surface area contributed by atoms with Crippen LogP contribution in [0.5, 0.6) is 0 Å². The molecule has 10 heteroatoms. The molecule has 0 radical (unpaired) electrons. The molecule has 0 aliphatic carbocycles. The van der Waals surface area contributed by atoms with E-state index in [1.165, 1.54) is 0 Å². The van der Waals surface area contributed by atoms with Gasteiger partial charge in [0.2, 0.25) is 5.91 Å². The lowest BCUT2D eigenvalue weighted by Crippen LogP contribution is -2.61. The highest BCUT2D eigenvalue weighted by atomic mass is 35.5. The average molecular weight is 544 g/mol. The van der Waals surface area contributed by atoms with E-state index >= 15 is 0 Å². The Morgan fingerprint density at radius 1 is 1.08 bits per heavy atom. The summed E-state index contributed by atoms with van der Waals surface area (Å²) in [6.45, 7) is 3.84. The zero-order valence-corrected chi connectivity index (χ0v) is 21.9. The normalized spacial score (nSPS) is 15.4. The molecule has 7 nitrogen and oxygen atoms in total. The Morgan fingerprint density at radius 3 is 2.42 bits per heavy atom. The van der Waals surface area contributed by atoms with Crippen molar-refractivity contribution in [3.05, 3.63) is 69.8 Å². The Balaban J connectivity index is 1.67. The van der Waals surface area contributed by atoms with Gasteiger partial charge in [-0.1, -0.05) is 72.1 Å². The van der Waals surface area contributed by atoms with Gasteiger partial charge in [-0.2, -0.15) is 9.61 Å². The zero-order valence-electron chi connectivity index (χ0n) is 19.6. The number of benzene rings is 2.